The van der Waals surface area contributed by atoms with Crippen LogP contribution in [0.4, 0.5) is 0 Å². The number of hydrogen-bond donors (Lipinski definition) is 0. The van der Waals surface area contributed by atoms with Gasteiger partial charge < -0.3 is 4.90 Å². The van der Waals surface area contributed by atoms with Gasteiger partial charge in [-0.1, -0.05) is 13.5 Å². The van der Waals surface area contributed by atoms with Crippen molar-refractivity contribution in [1.29, 1.82) is 0 Å². The van der Waals surface area contributed by atoms with E-state index in [2.05, 4.69) is 23.7 Å². The van der Waals surface area contributed by atoms with Crippen molar-refractivity contribution in [2.45, 2.75) is 19.3 Å². The zero-order valence-electron chi connectivity index (χ0n) is 15.0. The topological polar surface area (TPSA) is 68.3 Å². The third-order valence-electron chi connectivity index (χ3n) is 5.16. The second kappa shape index (κ2) is 6.40. The van der Waals surface area contributed by atoms with Crippen molar-refractivity contribution in [3.8, 4) is 11.3 Å². The highest BCUT2D eigenvalue weighted by atomic mass is 16.2. The lowest BCUT2D eigenvalue weighted by atomic mass is 9.83. The summed E-state index contributed by atoms with van der Waals surface area (Å²) >= 11 is 0. The molecule has 0 N–H and O–H groups in total. The number of aryl methyl sites for hydroxylation is 1. The molecule has 0 aromatic carbocycles. The Morgan fingerprint density at radius 2 is 2.19 bits per heavy atom. The minimum atomic E-state index is 0.00173. The molecule has 7 nitrogen and oxygen atoms in total. The maximum absolute atomic E-state index is 11.9. The Balaban J connectivity index is 1.73. The minimum absolute atomic E-state index is 0.00173. The van der Waals surface area contributed by atoms with Gasteiger partial charge in [-0.2, -0.15) is 10.2 Å². The Morgan fingerprint density at radius 1 is 1.35 bits per heavy atom. The van der Waals surface area contributed by atoms with Gasteiger partial charge in [0.1, 0.15) is 0 Å². The van der Waals surface area contributed by atoms with Crippen LogP contribution in [-0.2, 0) is 11.8 Å². The van der Waals surface area contributed by atoms with Gasteiger partial charge in [0.25, 0.3) is 0 Å². The summed E-state index contributed by atoms with van der Waals surface area (Å²) in [6, 6.07) is 2.00. The molecule has 2 atom stereocenters. The van der Waals surface area contributed by atoms with E-state index < -0.39 is 0 Å². The molecule has 0 saturated carbocycles. The van der Waals surface area contributed by atoms with Crippen molar-refractivity contribution in [3.63, 3.8) is 0 Å². The van der Waals surface area contributed by atoms with E-state index in [4.69, 9.17) is 4.98 Å². The summed E-state index contributed by atoms with van der Waals surface area (Å²) in [6.07, 6.45) is 9.78. The Morgan fingerprint density at radius 3 is 2.88 bits per heavy atom. The van der Waals surface area contributed by atoms with E-state index in [0.717, 1.165) is 35.4 Å². The van der Waals surface area contributed by atoms with Crippen LogP contribution in [0.2, 0.25) is 0 Å². The molecule has 0 spiro atoms. The molecule has 1 saturated heterocycles. The lowest BCUT2D eigenvalue weighted by Crippen LogP contribution is -2.41. The molecular weight excluding hydrogens is 328 g/mol. The first-order valence-corrected chi connectivity index (χ1v) is 8.81. The van der Waals surface area contributed by atoms with E-state index in [1.807, 2.05) is 41.1 Å². The maximum Gasteiger partial charge on any atom is 0.245 e. The van der Waals surface area contributed by atoms with Gasteiger partial charge in [-0.3, -0.25) is 9.48 Å². The first-order chi connectivity index (χ1) is 12.6. The van der Waals surface area contributed by atoms with Gasteiger partial charge in [0.15, 0.2) is 0 Å². The van der Waals surface area contributed by atoms with Crippen LogP contribution in [0.5, 0.6) is 0 Å². The quantitative estimate of drug-likeness (QED) is 0.680. The maximum atomic E-state index is 11.9. The van der Waals surface area contributed by atoms with Crippen LogP contribution < -0.4 is 0 Å². The predicted octanol–water partition coefficient (Wildman–Crippen LogP) is 2.27. The van der Waals surface area contributed by atoms with Crippen molar-refractivity contribution in [1.82, 2.24) is 29.3 Å². The van der Waals surface area contributed by atoms with Gasteiger partial charge in [0.2, 0.25) is 5.91 Å². The van der Waals surface area contributed by atoms with Crippen molar-refractivity contribution < 1.29 is 4.79 Å². The monoisotopic (exact) mass is 350 g/mol. The van der Waals surface area contributed by atoms with E-state index in [9.17, 15) is 4.79 Å². The third kappa shape index (κ3) is 2.79. The molecule has 0 radical (unpaired) electrons. The van der Waals surface area contributed by atoms with Gasteiger partial charge >= 0.3 is 0 Å². The number of nitrogens with zero attached hydrogens (tertiary/aromatic N) is 6. The average Bonchev–Trinajstić information content (AvgIpc) is 3.28. The fourth-order valence-electron chi connectivity index (χ4n) is 3.80. The molecule has 4 rings (SSSR count). The molecule has 7 heteroatoms. The van der Waals surface area contributed by atoms with Gasteiger partial charge in [0.05, 0.1) is 35.5 Å². The lowest BCUT2D eigenvalue weighted by molar-refractivity contribution is -0.127. The van der Waals surface area contributed by atoms with E-state index in [-0.39, 0.29) is 11.8 Å². The van der Waals surface area contributed by atoms with E-state index >= 15 is 0 Å². The molecule has 1 amide bonds. The van der Waals surface area contributed by atoms with Crippen molar-refractivity contribution in [3.05, 3.63) is 49.2 Å². The molecule has 3 aromatic rings. The third-order valence-corrected chi connectivity index (χ3v) is 5.16. The van der Waals surface area contributed by atoms with Crippen LogP contribution in [0, 0.1) is 5.92 Å². The molecule has 4 heterocycles. The number of rotatable bonds is 3. The molecule has 3 aromatic heterocycles. The summed E-state index contributed by atoms with van der Waals surface area (Å²) in [5.41, 5.74) is 3.90. The molecule has 1 aliphatic rings. The standard InChI is InChI=1S/C19H22N6O/c1-4-18(26)24-8-6-15(13(2)10-24)19-17-5-7-20-25(17)12-16(22-19)14-9-21-23(3)11-14/h4-5,7,9,11-13,15H,1,6,8,10H2,2-3H3. The molecule has 0 bridgehead atoms. The number of carbonyl (C=O) groups excluding carboxylic acids is 1. The zero-order valence-corrected chi connectivity index (χ0v) is 15.0. The molecule has 0 aliphatic carbocycles. The number of hydrogen-bond acceptors (Lipinski definition) is 4. The fourth-order valence-corrected chi connectivity index (χ4v) is 3.80. The fraction of sp³-hybridized carbons (Fsp3) is 0.368. The lowest BCUT2D eigenvalue weighted by Gasteiger charge is -2.36. The normalized spacial score (nSPS) is 20.5. The predicted molar refractivity (Wildman–Crippen MR) is 98.5 cm³/mol. The van der Waals surface area contributed by atoms with Crippen LogP contribution >= 0.6 is 0 Å². The van der Waals surface area contributed by atoms with Crippen LogP contribution in [0.15, 0.2) is 43.5 Å². The molecule has 1 aliphatic heterocycles. The van der Waals surface area contributed by atoms with Crippen LogP contribution in [-0.4, -0.2) is 48.3 Å². The van der Waals surface area contributed by atoms with Crippen LogP contribution in [0.3, 0.4) is 0 Å². The number of aromatic nitrogens is 5. The summed E-state index contributed by atoms with van der Waals surface area (Å²) in [5, 5.41) is 8.67. The van der Waals surface area contributed by atoms with E-state index in [0.29, 0.717) is 12.5 Å². The Kier molecular flexibility index (Phi) is 4.06. The number of piperidine rings is 1. The van der Waals surface area contributed by atoms with Gasteiger partial charge in [-0.05, 0) is 24.5 Å². The van der Waals surface area contributed by atoms with Crippen molar-refractivity contribution in [2.24, 2.45) is 13.0 Å². The van der Waals surface area contributed by atoms with Gasteiger partial charge in [-0.15, -0.1) is 0 Å². The summed E-state index contributed by atoms with van der Waals surface area (Å²) in [4.78, 5) is 18.8. The first kappa shape index (κ1) is 16.5. The highest BCUT2D eigenvalue weighted by Gasteiger charge is 2.31. The Labute approximate surface area is 151 Å². The SMILES string of the molecule is C=CC(=O)N1CCC(c2nc(-c3cnn(C)c3)cn3nccc23)C(C)C1. The number of fused-ring (bicyclic) bond motifs is 1. The largest absolute Gasteiger partial charge is 0.339 e. The molecule has 2 unspecified atom stereocenters. The summed E-state index contributed by atoms with van der Waals surface area (Å²) in [7, 11) is 1.89. The van der Waals surface area contributed by atoms with Crippen LogP contribution in [0.25, 0.3) is 16.8 Å². The molecule has 1 fully saturated rings. The molecule has 26 heavy (non-hydrogen) atoms. The highest BCUT2D eigenvalue weighted by Crippen LogP contribution is 2.35. The average molecular weight is 350 g/mol. The van der Waals surface area contributed by atoms with Crippen molar-refractivity contribution >= 4 is 11.4 Å². The summed E-state index contributed by atoms with van der Waals surface area (Å²) in [5.74, 6) is 0.588. The number of carbonyl (C=O) groups is 1. The second-order valence-corrected chi connectivity index (χ2v) is 6.94. The Hall–Kier alpha value is -2.96. The van der Waals surface area contributed by atoms with E-state index in [1.54, 1.807) is 10.9 Å². The van der Waals surface area contributed by atoms with Gasteiger partial charge in [-0.25, -0.2) is 9.50 Å². The van der Waals surface area contributed by atoms with Crippen LogP contribution in [0.1, 0.15) is 25.0 Å². The number of likely N-dealkylation sites (tertiary alicyclic amines) is 1. The minimum Gasteiger partial charge on any atom is -0.339 e. The molecule has 134 valence electrons. The van der Waals surface area contributed by atoms with Gasteiger partial charge in [0, 0.05) is 37.8 Å². The van der Waals surface area contributed by atoms with E-state index in [1.165, 1.54) is 6.08 Å². The Bertz CT molecular complexity index is 971. The first-order valence-electron chi connectivity index (χ1n) is 8.81. The molecular formula is C19H22N6O. The van der Waals surface area contributed by atoms with Crippen molar-refractivity contribution in [2.75, 3.05) is 13.1 Å². The zero-order chi connectivity index (χ0) is 18.3. The highest BCUT2D eigenvalue weighted by molar-refractivity contribution is 5.87. The smallest absolute Gasteiger partial charge is 0.245 e. The number of amides is 1. The second-order valence-electron chi connectivity index (χ2n) is 6.94. The summed E-state index contributed by atoms with van der Waals surface area (Å²) < 4.78 is 3.66. The summed E-state index contributed by atoms with van der Waals surface area (Å²) in [6.45, 7) is 7.21.